The quantitative estimate of drug-likeness (QED) is 0.860. The molecule has 0 aliphatic carbocycles. The largest absolute Gasteiger partial charge is 0.396 e. The normalized spacial score (nSPS) is 10.9. The van der Waals surface area contributed by atoms with E-state index in [1.165, 1.54) is 4.88 Å². The van der Waals surface area contributed by atoms with Gasteiger partial charge in [0.05, 0.1) is 17.9 Å². The van der Waals surface area contributed by atoms with Crippen molar-refractivity contribution in [2.75, 3.05) is 6.61 Å². The number of aromatic nitrogens is 4. The van der Waals surface area contributed by atoms with Crippen LogP contribution in [0.25, 0.3) is 0 Å². The van der Waals surface area contributed by atoms with Gasteiger partial charge in [-0.25, -0.2) is 9.67 Å². The first-order chi connectivity index (χ1) is 7.69. The van der Waals surface area contributed by atoms with Crippen molar-refractivity contribution in [3.8, 4) is 0 Å². The van der Waals surface area contributed by atoms with Crippen LogP contribution in [-0.4, -0.2) is 31.7 Å². The summed E-state index contributed by atoms with van der Waals surface area (Å²) in [6.07, 6.45) is 2.40. The molecular formula is C10H14N4OS. The van der Waals surface area contributed by atoms with Gasteiger partial charge in [-0.3, -0.25) is 0 Å². The summed E-state index contributed by atoms with van der Waals surface area (Å²) in [4.78, 5) is 5.68. The van der Waals surface area contributed by atoms with Crippen LogP contribution in [0.2, 0.25) is 0 Å². The van der Waals surface area contributed by atoms with Gasteiger partial charge in [0, 0.05) is 24.1 Å². The predicted molar refractivity (Wildman–Crippen MR) is 61.5 cm³/mol. The maximum atomic E-state index is 8.77. The number of hydrogen-bond acceptors (Lipinski definition) is 5. The summed E-state index contributed by atoms with van der Waals surface area (Å²) in [7, 11) is 0. The molecule has 0 spiro atoms. The van der Waals surface area contributed by atoms with Crippen molar-refractivity contribution < 1.29 is 5.11 Å². The molecule has 16 heavy (non-hydrogen) atoms. The van der Waals surface area contributed by atoms with Gasteiger partial charge in [0.15, 0.2) is 0 Å². The standard InChI is InChI=1S/C10H14N4OS/c1-7-8(2)16-10(11-7)6-14-5-9(3-4-15)12-13-14/h5,15H,3-4,6H2,1-2H3. The first-order valence-corrected chi connectivity index (χ1v) is 5.93. The third kappa shape index (κ3) is 2.45. The molecule has 0 radical (unpaired) electrons. The third-order valence-corrected chi connectivity index (χ3v) is 3.38. The number of rotatable bonds is 4. The van der Waals surface area contributed by atoms with Crippen LogP contribution < -0.4 is 0 Å². The summed E-state index contributed by atoms with van der Waals surface area (Å²) < 4.78 is 1.75. The van der Waals surface area contributed by atoms with Gasteiger partial charge in [0.1, 0.15) is 5.01 Å². The number of aliphatic hydroxyl groups excluding tert-OH is 1. The van der Waals surface area contributed by atoms with Crippen molar-refractivity contribution >= 4 is 11.3 Å². The molecule has 0 aromatic carbocycles. The third-order valence-electron chi connectivity index (χ3n) is 2.32. The lowest BCUT2D eigenvalue weighted by atomic mass is 10.3. The summed E-state index contributed by atoms with van der Waals surface area (Å²) in [6.45, 7) is 4.83. The zero-order valence-electron chi connectivity index (χ0n) is 9.34. The average Bonchev–Trinajstić information content (AvgIpc) is 2.77. The number of nitrogens with zero attached hydrogens (tertiary/aromatic N) is 4. The minimum absolute atomic E-state index is 0.105. The zero-order chi connectivity index (χ0) is 11.5. The topological polar surface area (TPSA) is 63.8 Å². The second-order valence-corrected chi connectivity index (χ2v) is 4.92. The Labute approximate surface area is 97.8 Å². The van der Waals surface area contributed by atoms with E-state index in [4.69, 9.17) is 5.11 Å². The van der Waals surface area contributed by atoms with E-state index >= 15 is 0 Å². The molecule has 86 valence electrons. The van der Waals surface area contributed by atoms with E-state index in [2.05, 4.69) is 22.2 Å². The van der Waals surface area contributed by atoms with E-state index in [0.29, 0.717) is 13.0 Å². The Morgan fingerprint density at radius 3 is 2.88 bits per heavy atom. The maximum absolute atomic E-state index is 8.77. The summed E-state index contributed by atoms with van der Waals surface area (Å²) >= 11 is 1.68. The molecule has 1 N–H and O–H groups in total. The highest BCUT2D eigenvalue weighted by molar-refractivity contribution is 7.11. The van der Waals surface area contributed by atoms with Gasteiger partial charge in [0.2, 0.25) is 0 Å². The highest BCUT2D eigenvalue weighted by Gasteiger charge is 2.06. The molecule has 2 rings (SSSR count). The SMILES string of the molecule is Cc1nc(Cn2cc(CCO)nn2)sc1C. The van der Waals surface area contributed by atoms with Crippen molar-refractivity contribution in [3.05, 3.63) is 27.5 Å². The fraction of sp³-hybridized carbons (Fsp3) is 0.500. The van der Waals surface area contributed by atoms with Gasteiger partial charge in [-0.2, -0.15) is 0 Å². The molecule has 0 fully saturated rings. The zero-order valence-corrected chi connectivity index (χ0v) is 10.2. The maximum Gasteiger partial charge on any atom is 0.115 e. The highest BCUT2D eigenvalue weighted by Crippen LogP contribution is 2.17. The van der Waals surface area contributed by atoms with Gasteiger partial charge in [-0.15, -0.1) is 16.4 Å². The van der Waals surface area contributed by atoms with Crippen molar-refractivity contribution in [3.63, 3.8) is 0 Å². The van der Waals surface area contributed by atoms with Gasteiger partial charge in [-0.05, 0) is 13.8 Å². The Kier molecular flexibility index (Phi) is 3.31. The van der Waals surface area contributed by atoms with Gasteiger partial charge in [-0.1, -0.05) is 5.21 Å². The van der Waals surface area contributed by atoms with Crippen LogP contribution in [0.5, 0.6) is 0 Å². The first kappa shape index (κ1) is 11.2. The highest BCUT2D eigenvalue weighted by atomic mass is 32.1. The molecule has 0 saturated carbocycles. The molecule has 0 unspecified atom stereocenters. The first-order valence-electron chi connectivity index (χ1n) is 5.12. The van der Waals surface area contributed by atoms with Crippen LogP contribution in [0.4, 0.5) is 0 Å². The van der Waals surface area contributed by atoms with E-state index in [9.17, 15) is 0 Å². The van der Waals surface area contributed by atoms with Gasteiger partial charge in [0.25, 0.3) is 0 Å². The molecule has 2 aromatic rings. The van der Waals surface area contributed by atoms with Crippen LogP contribution in [0, 0.1) is 13.8 Å². The minimum atomic E-state index is 0.105. The Hall–Kier alpha value is -1.27. The average molecular weight is 238 g/mol. The van der Waals surface area contributed by atoms with Crippen LogP contribution in [0.3, 0.4) is 0 Å². The van der Waals surface area contributed by atoms with E-state index < -0.39 is 0 Å². The Morgan fingerprint density at radius 2 is 2.25 bits per heavy atom. The lowest BCUT2D eigenvalue weighted by Gasteiger charge is -1.94. The second-order valence-electron chi connectivity index (χ2n) is 3.63. The predicted octanol–water partition coefficient (Wildman–Crippen LogP) is 0.935. The number of aliphatic hydroxyl groups is 1. The molecule has 2 aromatic heterocycles. The Bertz CT molecular complexity index is 457. The van der Waals surface area contributed by atoms with E-state index in [0.717, 1.165) is 16.4 Å². The van der Waals surface area contributed by atoms with Crippen LogP contribution in [-0.2, 0) is 13.0 Å². The van der Waals surface area contributed by atoms with Crippen LogP contribution in [0.15, 0.2) is 6.20 Å². The molecule has 0 aliphatic heterocycles. The number of aryl methyl sites for hydroxylation is 2. The Morgan fingerprint density at radius 1 is 1.44 bits per heavy atom. The minimum Gasteiger partial charge on any atom is -0.396 e. The van der Waals surface area contributed by atoms with Crippen LogP contribution >= 0.6 is 11.3 Å². The molecule has 0 amide bonds. The number of thiazole rings is 1. The molecule has 5 nitrogen and oxygen atoms in total. The molecule has 0 bridgehead atoms. The smallest absolute Gasteiger partial charge is 0.115 e. The van der Waals surface area contributed by atoms with Crippen LogP contribution in [0.1, 0.15) is 21.3 Å². The number of hydrogen-bond donors (Lipinski definition) is 1. The molecule has 0 saturated heterocycles. The van der Waals surface area contributed by atoms with Crippen molar-refractivity contribution in [1.29, 1.82) is 0 Å². The summed E-state index contributed by atoms with van der Waals surface area (Å²) in [5.74, 6) is 0. The molecule has 0 atom stereocenters. The fourth-order valence-corrected chi connectivity index (χ4v) is 2.32. The van der Waals surface area contributed by atoms with Crippen molar-refractivity contribution in [2.24, 2.45) is 0 Å². The van der Waals surface area contributed by atoms with E-state index in [-0.39, 0.29) is 6.61 Å². The monoisotopic (exact) mass is 238 g/mol. The molecule has 6 heteroatoms. The lowest BCUT2D eigenvalue weighted by molar-refractivity contribution is 0.298. The second kappa shape index (κ2) is 4.71. The van der Waals surface area contributed by atoms with Crippen molar-refractivity contribution in [2.45, 2.75) is 26.8 Å². The molecule has 0 aliphatic rings. The van der Waals surface area contributed by atoms with Gasteiger partial charge < -0.3 is 5.11 Å². The van der Waals surface area contributed by atoms with E-state index in [1.54, 1.807) is 16.0 Å². The summed E-state index contributed by atoms with van der Waals surface area (Å²) in [6, 6.07) is 0. The van der Waals surface area contributed by atoms with Crippen molar-refractivity contribution in [1.82, 2.24) is 20.0 Å². The lowest BCUT2D eigenvalue weighted by Crippen LogP contribution is -1.99. The van der Waals surface area contributed by atoms with E-state index in [1.807, 2.05) is 13.1 Å². The summed E-state index contributed by atoms with van der Waals surface area (Å²) in [5.41, 5.74) is 1.89. The molecular weight excluding hydrogens is 224 g/mol. The summed E-state index contributed by atoms with van der Waals surface area (Å²) in [5, 5.41) is 17.8. The fourth-order valence-electron chi connectivity index (χ4n) is 1.39. The Balaban J connectivity index is 2.08. The van der Waals surface area contributed by atoms with Gasteiger partial charge >= 0.3 is 0 Å². The molecule has 2 heterocycles.